The van der Waals surface area contributed by atoms with Crippen LogP contribution in [0, 0.1) is 0 Å². The van der Waals surface area contributed by atoms with E-state index in [9.17, 15) is 4.79 Å². The molecular formula is C19H19N3O3S. The van der Waals surface area contributed by atoms with Gasteiger partial charge in [-0.15, -0.1) is 11.3 Å². The van der Waals surface area contributed by atoms with Crippen molar-refractivity contribution in [2.24, 2.45) is 0 Å². The van der Waals surface area contributed by atoms with Crippen LogP contribution in [0.5, 0.6) is 5.75 Å². The molecule has 0 aliphatic rings. The van der Waals surface area contributed by atoms with Gasteiger partial charge in [-0.25, -0.2) is 0 Å². The summed E-state index contributed by atoms with van der Waals surface area (Å²) in [7, 11) is 1.69. The van der Waals surface area contributed by atoms with Gasteiger partial charge >= 0.3 is 0 Å². The second-order valence-electron chi connectivity index (χ2n) is 5.92. The second kappa shape index (κ2) is 7.97. The number of thiophene rings is 1. The minimum absolute atomic E-state index is 0.151. The fraction of sp³-hybridized carbons (Fsp3) is 0.211. The molecule has 3 aromatic rings. The van der Waals surface area contributed by atoms with Gasteiger partial charge in [-0.3, -0.25) is 4.79 Å². The summed E-state index contributed by atoms with van der Waals surface area (Å²) in [6.45, 7) is 6.33. The van der Waals surface area contributed by atoms with Crippen molar-refractivity contribution in [2.75, 3.05) is 13.7 Å². The van der Waals surface area contributed by atoms with Crippen LogP contribution in [0.25, 0.3) is 10.7 Å². The van der Waals surface area contributed by atoms with E-state index in [0.29, 0.717) is 29.6 Å². The van der Waals surface area contributed by atoms with E-state index in [1.54, 1.807) is 25.2 Å². The van der Waals surface area contributed by atoms with Gasteiger partial charge in [0.2, 0.25) is 11.7 Å². The summed E-state index contributed by atoms with van der Waals surface area (Å²) in [4.78, 5) is 19.4. The predicted octanol–water partition coefficient (Wildman–Crippen LogP) is 4.03. The first kappa shape index (κ1) is 17.9. The molecular weight excluding hydrogens is 350 g/mol. The van der Waals surface area contributed by atoms with Crippen molar-refractivity contribution in [2.45, 2.75) is 13.5 Å². The Labute approximate surface area is 155 Å². The number of rotatable bonds is 7. The molecule has 0 atom stereocenters. The van der Waals surface area contributed by atoms with E-state index in [1.165, 1.54) is 16.2 Å². The third-order valence-electron chi connectivity index (χ3n) is 3.50. The molecule has 0 unspecified atom stereocenters. The lowest BCUT2D eigenvalue weighted by atomic mass is 10.2. The van der Waals surface area contributed by atoms with Crippen LogP contribution in [0.4, 0.5) is 0 Å². The van der Waals surface area contributed by atoms with Crippen LogP contribution in [0.2, 0.25) is 0 Å². The zero-order valence-corrected chi connectivity index (χ0v) is 15.5. The van der Waals surface area contributed by atoms with E-state index in [0.717, 1.165) is 10.5 Å². The molecule has 0 saturated carbocycles. The normalized spacial score (nSPS) is 10.5. The number of carbonyl (C=O) groups excluding carboxylic acids is 1. The molecule has 1 aromatic carbocycles. The fourth-order valence-corrected chi connectivity index (χ4v) is 2.89. The van der Waals surface area contributed by atoms with Crippen LogP contribution in [-0.4, -0.2) is 34.6 Å². The highest BCUT2D eigenvalue weighted by atomic mass is 32.1. The first-order valence-electron chi connectivity index (χ1n) is 8.02. The first-order valence-corrected chi connectivity index (χ1v) is 8.90. The number of hydrogen-bond donors (Lipinski definition) is 0. The Morgan fingerprint density at radius 2 is 2.19 bits per heavy atom. The zero-order valence-electron chi connectivity index (χ0n) is 14.6. The maximum atomic E-state index is 12.6. The Balaban J connectivity index is 1.66. The first-order chi connectivity index (χ1) is 12.5. The molecule has 0 N–H and O–H groups in total. The van der Waals surface area contributed by atoms with E-state index in [2.05, 4.69) is 16.7 Å². The number of amides is 1. The Morgan fingerprint density at radius 1 is 1.35 bits per heavy atom. The highest BCUT2D eigenvalue weighted by Crippen LogP contribution is 2.22. The Bertz CT molecular complexity index is 902. The topological polar surface area (TPSA) is 68.5 Å². The summed E-state index contributed by atoms with van der Waals surface area (Å²) in [5, 5.41) is 5.91. The lowest BCUT2D eigenvalue weighted by Crippen LogP contribution is -2.26. The average Bonchev–Trinajstić information content (AvgIpc) is 3.31. The number of nitrogens with zero attached hydrogens (tertiary/aromatic N) is 3. The fourth-order valence-electron chi connectivity index (χ4n) is 2.25. The minimum atomic E-state index is -0.151. The van der Waals surface area contributed by atoms with Crippen molar-refractivity contribution in [1.29, 1.82) is 0 Å². The molecule has 0 bridgehead atoms. The van der Waals surface area contributed by atoms with E-state index in [-0.39, 0.29) is 12.5 Å². The molecule has 6 nitrogen and oxygen atoms in total. The number of carbonyl (C=O) groups is 1. The van der Waals surface area contributed by atoms with E-state index >= 15 is 0 Å². The van der Waals surface area contributed by atoms with Gasteiger partial charge in [0.05, 0.1) is 11.4 Å². The molecule has 1 amide bonds. The van der Waals surface area contributed by atoms with Crippen molar-refractivity contribution < 1.29 is 14.1 Å². The number of ether oxygens (including phenoxy) is 1. The summed E-state index contributed by atoms with van der Waals surface area (Å²) >= 11 is 1.53. The van der Waals surface area contributed by atoms with E-state index in [1.807, 2.05) is 30.5 Å². The molecule has 0 aliphatic carbocycles. The van der Waals surface area contributed by atoms with Crippen LogP contribution in [0.3, 0.4) is 0 Å². The van der Waals surface area contributed by atoms with Crippen molar-refractivity contribution in [3.63, 3.8) is 0 Å². The summed E-state index contributed by atoms with van der Waals surface area (Å²) in [6, 6.07) is 10.9. The Hall–Kier alpha value is -2.93. The standard InChI is InChI=1S/C19H19N3O3S/c1-13(2)12-24-15-7-4-6-14(10-15)19(23)22(3)11-17-20-18(21-25-17)16-8-5-9-26-16/h4-10H,1,11-12H2,2-3H3. The van der Waals surface area contributed by atoms with Gasteiger partial charge in [-0.05, 0) is 42.1 Å². The van der Waals surface area contributed by atoms with Gasteiger partial charge in [-0.2, -0.15) is 4.98 Å². The van der Waals surface area contributed by atoms with Gasteiger partial charge < -0.3 is 14.2 Å². The third-order valence-corrected chi connectivity index (χ3v) is 4.36. The smallest absolute Gasteiger partial charge is 0.254 e. The molecule has 0 aliphatic heterocycles. The lowest BCUT2D eigenvalue weighted by molar-refractivity contribution is 0.0769. The van der Waals surface area contributed by atoms with E-state index in [4.69, 9.17) is 9.26 Å². The number of aromatic nitrogens is 2. The number of benzene rings is 1. The highest BCUT2D eigenvalue weighted by Gasteiger charge is 2.17. The van der Waals surface area contributed by atoms with Crippen LogP contribution >= 0.6 is 11.3 Å². The monoisotopic (exact) mass is 369 g/mol. The van der Waals surface area contributed by atoms with Crippen molar-refractivity contribution in [3.05, 3.63) is 65.4 Å². The predicted molar refractivity (Wildman–Crippen MR) is 100 cm³/mol. The SMILES string of the molecule is C=C(C)COc1cccc(C(=O)N(C)Cc2nc(-c3cccs3)no2)c1. The third kappa shape index (κ3) is 4.37. The van der Waals surface area contributed by atoms with E-state index < -0.39 is 0 Å². The molecule has 0 fully saturated rings. The Morgan fingerprint density at radius 3 is 2.92 bits per heavy atom. The molecule has 3 rings (SSSR count). The van der Waals surface area contributed by atoms with Gasteiger partial charge in [0.25, 0.3) is 5.91 Å². The van der Waals surface area contributed by atoms with Crippen molar-refractivity contribution >= 4 is 17.2 Å². The van der Waals surface area contributed by atoms with Crippen molar-refractivity contribution in [1.82, 2.24) is 15.0 Å². The molecule has 2 heterocycles. The molecule has 2 aromatic heterocycles. The second-order valence-corrected chi connectivity index (χ2v) is 6.87. The van der Waals surface area contributed by atoms with Gasteiger partial charge in [0.15, 0.2) is 0 Å². The average molecular weight is 369 g/mol. The quantitative estimate of drug-likeness (QED) is 0.588. The van der Waals surface area contributed by atoms with Crippen LogP contribution < -0.4 is 4.74 Å². The molecule has 26 heavy (non-hydrogen) atoms. The van der Waals surface area contributed by atoms with Gasteiger partial charge in [0.1, 0.15) is 12.4 Å². The largest absolute Gasteiger partial charge is 0.489 e. The molecule has 0 saturated heterocycles. The van der Waals surface area contributed by atoms with Gasteiger partial charge in [-0.1, -0.05) is 23.9 Å². The molecule has 7 heteroatoms. The van der Waals surface area contributed by atoms with Crippen LogP contribution in [-0.2, 0) is 6.54 Å². The van der Waals surface area contributed by atoms with Crippen LogP contribution in [0.15, 0.2) is 58.5 Å². The maximum absolute atomic E-state index is 12.6. The lowest BCUT2D eigenvalue weighted by Gasteiger charge is -2.15. The van der Waals surface area contributed by atoms with Crippen molar-refractivity contribution in [3.8, 4) is 16.5 Å². The molecule has 134 valence electrons. The summed E-state index contributed by atoms with van der Waals surface area (Å²) in [5.41, 5.74) is 1.45. The summed E-state index contributed by atoms with van der Waals surface area (Å²) < 4.78 is 10.8. The highest BCUT2D eigenvalue weighted by molar-refractivity contribution is 7.13. The Kier molecular flexibility index (Phi) is 5.48. The summed E-state index contributed by atoms with van der Waals surface area (Å²) in [6.07, 6.45) is 0. The zero-order chi connectivity index (χ0) is 18.5. The maximum Gasteiger partial charge on any atom is 0.254 e. The van der Waals surface area contributed by atoms with Crippen LogP contribution in [0.1, 0.15) is 23.2 Å². The molecule has 0 spiro atoms. The minimum Gasteiger partial charge on any atom is -0.489 e. The number of hydrogen-bond acceptors (Lipinski definition) is 6. The van der Waals surface area contributed by atoms with Gasteiger partial charge in [0, 0.05) is 12.6 Å². The summed E-state index contributed by atoms with van der Waals surface area (Å²) in [5.74, 6) is 1.40. The molecule has 0 radical (unpaired) electrons.